The summed E-state index contributed by atoms with van der Waals surface area (Å²) in [5.41, 5.74) is 1.25. The molecule has 94 valence electrons. The van der Waals surface area contributed by atoms with Gasteiger partial charge in [-0.2, -0.15) is 0 Å². The van der Waals surface area contributed by atoms with Crippen LogP contribution in [0.25, 0.3) is 0 Å². The zero-order valence-corrected chi connectivity index (χ0v) is 11.5. The lowest BCUT2D eigenvalue weighted by Gasteiger charge is -2.26. The van der Waals surface area contributed by atoms with Crippen LogP contribution in [0.15, 0.2) is 24.0 Å². The maximum atomic E-state index is 5.68. The molecule has 16 heavy (non-hydrogen) atoms. The largest absolute Gasteiger partial charge is 0.470 e. The minimum Gasteiger partial charge on any atom is -0.470 e. The lowest BCUT2D eigenvalue weighted by molar-refractivity contribution is -0.178. The van der Waals surface area contributed by atoms with Crippen LogP contribution in [-0.4, -0.2) is 12.9 Å². The Balaban J connectivity index is 4.31. The molecule has 0 saturated heterocycles. The highest BCUT2D eigenvalue weighted by Gasteiger charge is 2.21. The van der Waals surface area contributed by atoms with Gasteiger partial charge in [0.25, 0.3) is 0 Å². The van der Waals surface area contributed by atoms with E-state index in [4.69, 9.17) is 9.47 Å². The first-order valence-electron chi connectivity index (χ1n) is 5.99. The van der Waals surface area contributed by atoms with E-state index in [1.165, 1.54) is 5.57 Å². The summed E-state index contributed by atoms with van der Waals surface area (Å²) in [7, 11) is 1.68. The smallest absolute Gasteiger partial charge is 0.206 e. The van der Waals surface area contributed by atoms with Crippen molar-refractivity contribution in [1.29, 1.82) is 0 Å². The fourth-order valence-corrected chi connectivity index (χ4v) is 1.14. The van der Waals surface area contributed by atoms with E-state index in [1.807, 2.05) is 20.1 Å². The quantitative estimate of drug-likeness (QED) is 0.366. The van der Waals surface area contributed by atoms with Crippen LogP contribution in [-0.2, 0) is 9.47 Å². The lowest BCUT2D eigenvalue weighted by Crippen LogP contribution is -2.28. The van der Waals surface area contributed by atoms with Crippen molar-refractivity contribution in [3.05, 3.63) is 24.0 Å². The second-order valence-electron chi connectivity index (χ2n) is 4.38. The molecule has 0 N–H and O–H groups in total. The minimum absolute atomic E-state index is 0.498. The summed E-state index contributed by atoms with van der Waals surface area (Å²) in [6.07, 6.45) is 7.98. The van der Waals surface area contributed by atoms with Gasteiger partial charge in [0.1, 0.15) is 0 Å². The first-order valence-corrected chi connectivity index (χ1v) is 5.99. The molecule has 0 radical (unpaired) electrons. The average Bonchev–Trinajstić information content (AvgIpc) is 2.32. The molecule has 0 bridgehead atoms. The van der Waals surface area contributed by atoms with Gasteiger partial charge < -0.3 is 9.47 Å². The van der Waals surface area contributed by atoms with E-state index < -0.39 is 5.79 Å². The third-order valence-electron chi connectivity index (χ3n) is 3.07. The Kier molecular flexibility index (Phi) is 7.15. The van der Waals surface area contributed by atoms with Crippen LogP contribution in [0.3, 0.4) is 0 Å². The summed E-state index contributed by atoms with van der Waals surface area (Å²) in [6, 6.07) is 0. The summed E-state index contributed by atoms with van der Waals surface area (Å²) in [5.74, 6) is 0.0100. The van der Waals surface area contributed by atoms with Gasteiger partial charge in [-0.15, -0.1) is 0 Å². The molecule has 0 aliphatic rings. The van der Waals surface area contributed by atoms with Gasteiger partial charge in [-0.25, -0.2) is 0 Å². The summed E-state index contributed by atoms with van der Waals surface area (Å²) in [4.78, 5) is 0. The van der Waals surface area contributed by atoms with Gasteiger partial charge in [-0.05, 0) is 31.8 Å². The third kappa shape index (κ3) is 5.36. The van der Waals surface area contributed by atoms with Crippen molar-refractivity contribution in [2.75, 3.05) is 7.11 Å². The molecule has 2 unspecified atom stereocenters. The third-order valence-corrected chi connectivity index (χ3v) is 3.07. The molecule has 0 aromatic carbocycles. The SMILES string of the molecule is CC=CCC(C)C(C)=COC(C)(CC)OC. The molecule has 0 aromatic heterocycles. The van der Waals surface area contributed by atoms with Gasteiger partial charge in [-0.3, -0.25) is 0 Å². The molecule has 0 aliphatic carbocycles. The molecule has 0 amide bonds. The van der Waals surface area contributed by atoms with Gasteiger partial charge in [0.05, 0.1) is 6.26 Å². The second kappa shape index (κ2) is 7.50. The summed E-state index contributed by atoms with van der Waals surface area (Å²) in [5, 5.41) is 0. The van der Waals surface area contributed by atoms with E-state index in [0.717, 1.165) is 12.8 Å². The Hall–Kier alpha value is -0.760. The van der Waals surface area contributed by atoms with Crippen molar-refractivity contribution in [2.24, 2.45) is 5.92 Å². The zero-order chi connectivity index (χ0) is 12.6. The number of ether oxygens (including phenoxy) is 2. The first kappa shape index (κ1) is 15.2. The highest BCUT2D eigenvalue weighted by Crippen LogP contribution is 2.20. The fourth-order valence-electron chi connectivity index (χ4n) is 1.14. The lowest BCUT2D eigenvalue weighted by atomic mass is 10.0. The molecule has 2 nitrogen and oxygen atoms in total. The molecule has 0 aromatic rings. The van der Waals surface area contributed by atoms with E-state index in [9.17, 15) is 0 Å². The molecular formula is C14H26O2. The van der Waals surface area contributed by atoms with Crippen LogP contribution in [0.5, 0.6) is 0 Å². The highest BCUT2D eigenvalue weighted by molar-refractivity contribution is 5.01. The van der Waals surface area contributed by atoms with Crippen molar-refractivity contribution >= 4 is 0 Å². The highest BCUT2D eigenvalue weighted by atomic mass is 16.7. The van der Waals surface area contributed by atoms with Crippen LogP contribution in [0.4, 0.5) is 0 Å². The molecular weight excluding hydrogens is 200 g/mol. The fraction of sp³-hybridized carbons (Fsp3) is 0.714. The topological polar surface area (TPSA) is 18.5 Å². The van der Waals surface area contributed by atoms with E-state index in [-0.39, 0.29) is 0 Å². The molecule has 0 saturated carbocycles. The summed E-state index contributed by atoms with van der Waals surface area (Å²) in [6.45, 7) is 10.3. The van der Waals surface area contributed by atoms with Crippen LogP contribution < -0.4 is 0 Å². The van der Waals surface area contributed by atoms with E-state index >= 15 is 0 Å². The molecule has 0 heterocycles. The monoisotopic (exact) mass is 226 g/mol. The molecule has 0 aliphatic heterocycles. The number of hydrogen-bond acceptors (Lipinski definition) is 2. The predicted molar refractivity (Wildman–Crippen MR) is 69.1 cm³/mol. The Bertz CT molecular complexity index is 237. The van der Waals surface area contributed by atoms with Crippen molar-refractivity contribution in [2.45, 2.75) is 53.2 Å². The normalized spacial score (nSPS) is 18.5. The number of rotatable bonds is 7. The zero-order valence-electron chi connectivity index (χ0n) is 11.5. The predicted octanol–water partition coefficient (Wildman–Crippen LogP) is 4.28. The Labute approximate surface area is 100 Å². The Morgan fingerprint density at radius 2 is 2.06 bits per heavy atom. The molecule has 2 atom stereocenters. The van der Waals surface area contributed by atoms with Crippen LogP contribution in [0.2, 0.25) is 0 Å². The Morgan fingerprint density at radius 3 is 2.50 bits per heavy atom. The maximum absolute atomic E-state index is 5.68. The standard InChI is InChI=1S/C14H26O2/c1-7-9-10-12(3)13(4)11-16-14(5,8-2)15-6/h7,9,11-12H,8,10H2,1-6H3. The number of allylic oxidation sites excluding steroid dienone is 3. The van der Waals surface area contributed by atoms with Crippen LogP contribution >= 0.6 is 0 Å². The maximum Gasteiger partial charge on any atom is 0.206 e. The molecule has 0 rings (SSSR count). The minimum atomic E-state index is -0.498. The molecule has 0 spiro atoms. The number of hydrogen-bond donors (Lipinski definition) is 0. The van der Waals surface area contributed by atoms with E-state index in [0.29, 0.717) is 5.92 Å². The van der Waals surface area contributed by atoms with Crippen molar-refractivity contribution in [3.8, 4) is 0 Å². The van der Waals surface area contributed by atoms with Gasteiger partial charge in [0.15, 0.2) is 0 Å². The van der Waals surface area contributed by atoms with E-state index in [2.05, 4.69) is 32.9 Å². The first-order chi connectivity index (χ1) is 7.49. The Morgan fingerprint density at radius 1 is 1.44 bits per heavy atom. The summed E-state index contributed by atoms with van der Waals surface area (Å²) < 4.78 is 11.0. The van der Waals surface area contributed by atoms with E-state index in [1.54, 1.807) is 7.11 Å². The van der Waals surface area contributed by atoms with Gasteiger partial charge in [0.2, 0.25) is 5.79 Å². The van der Waals surface area contributed by atoms with Crippen LogP contribution in [0.1, 0.15) is 47.5 Å². The van der Waals surface area contributed by atoms with Gasteiger partial charge in [-0.1, -0.05) is 26.0 Å². The average molecular weight is 226 g/mol. The molecule has 0 fully saturated rings. The summed E-state index contributed by atoms with van der Waals surface area (Å²) >= 11 is 0. The van der Waals surface area contributed by atoms with Crippen molar-refractivity contribution in [3.63, 3.8) is 0 Å². The van der Waals surface area contributed by atoms with Gasteiger partial charge in [0, 0.05) is 20.5 Å². The number of methoxy groups -OCH3 is 1. The van der Waals surface area contributed by atoms with Crippen molar-refractivity contribution < 1.29 is 9.47 Å². The van der Waals surface area contributed by atoms with Gasteiger partial charge >= 0.3 is 0 Å². The van der Waals surface area contributed by atoms with Crippen LogP contribution in [0, 0.1) is 5.92 Å². The molecule has 2 heteroatoms. The second-order valence-corrected chi connectivity index (χ2v) is 4.38. The van der Waals surface area contributed by atoms with Crippen molar-refractivity contribution in [1.82, 2.24) is 0 Å².